The van der Waals surface area contributed by atoms with Gasteiger partial charge < -0.3 is 15.1 Å². The molecule has 0 radical (unpaired) electrons. The molecule has 106 valence electrons. The molecule has 5 amide bonds. The minimum absolute atomic E-state index is 0.0255. The molecule has 0 aromatic rings. The smallest absolute Gasteiger partial charge is 0.324 e. The summed E-state index contributed by atoms with van der Waals surface area (Å²) in [6.45, 7) is 3.55. The van der Waals surface area contributed by atoms with Crippen molar-refractivity contribution < 1.29 is 14.4 Å². The van der Waals surface area contributed by atoms with Crippen LogP contribution in [-0.4, -0.2) is 71.9 Å². The van der Waals surface area contributed by atoms with Gasteiger partial charge in [0, 0.05) is 33.7 Å². The van der Waals surface area contributed by atoms with Crippen LogP contribution in [0.1, 0.15) is 19.8 Å². The van der Waals surface area contributed by atoms with E-state index in [0.717, 1.165) is 4.90 Å². The molecule has 0 atom stereocenters. The molecule has 0 aromatic heterocycles. The molecule has 7 heteroatoms. The number of hydrogen-bond acceptors (Lipinski definition) is 3. The Morgan fingerprint density at radius 1 is 1.37 bits per heavy atom. The zero-order valence-corrected chi connectivity index (χ0v) is 11.6. The fourth-order valence-electron chi connectivity index (χ4n) is 2.55. The molecule has 19 heavy (non-hydrogen) atoms. The van der Waals surface area contributed by atoms with E-state index >= 15 is 0 Å². The van der Waals surface area contributed by atoms with E-state index in [1.165, 1.54) is 7.05 Å². The van der Waals surface area contributed by atoms with Gasteiger partial charge >= 0.3 is 12.1 Å². The molecule has 7 nitrogen and oxygen atoms in total. The second-order valence-corrected chi connectivity index (χ2v) is 5.16. The van der Waals surface area contributed by atoms with Crippen molar-refractivity contribution in [3.05, 3.63) is 0 Å². The predicted molar refractivity (Wildman–Crippen MR) is 68.5 cm³/mol. The number of imide groups is 1. The second-order valence-electron chi connectivity index (χ2n) is 5.16. The third kappa shape index (κ3) is 2.13. The number of urea groups is 2. The molecule has 0 aliphatic carbocycles. The average molecular weight is 268 g/mol. The van der Waals surface area contributed by atoms with E-state index in [4.69, 9.17) is 0 Å². The zero-order valence-electron chi connectivity index (χ0n) is 11.6. The minimum atomic E-state index is -0.798. The lowest BCUT2D eigenvalue weighted by Gasteiger charge is -2.38. The summed E-state index contributed by atoms with van der Waals surface area (Å²) in [5.41, 5.74) is -0.798. The summed E-state index contributed by atoms with van der Waals surface area (Å²) in [6, 6.07) is -0.377. The monoisotopic (exact) mass is 268 g/mol. The van der Waals surface area contributed by atoms with Crippen LogP contribution in [-0.2, 0) is 4.79 Å². The van der Waals surface area contributed by atoms with Crippen molar-refractivity contribution in [3.63, 3.8) is 0 Å². The first-order chi connectivity index (χ1) is 8.91. The standard InChI is InChI=1S/C12H20N4O3/c1-4-14(2)11(19)16-7-5-12(6-8-16)9(17)15(3)10(18)13-12/h4-8H2,1-3H3,(H,13,18). The molecule has 0 bridgehead atoms. The van der Waals surface area contributed by atoms with Crippen LogP contribution in [0.2, 0.25) is 0 Å². The quantitative estimate of drug-likeness (QED) is 0.684. The van der Waals surface area contributed by atoms with E-state index < -0.39 is 5.54 Å². The lowest BCUT2D eigenvalue weighted by Crippen LogP contribution is -2.57. The van der Waals surface area contributed by atoms with Crippen molar-refractivity contribution in [2.75, 3.05) is 33.7 Å². The largest absolute Gasteiger partial charge is 0.328 e. The van der Waals surface area contributed by atoms with Crippen LogP contribution in [0.4, 0.5) is 9.59 Å². The highest BCUT2D eigenvalue weighted by molar-refractivity contribution is 6.06. The Hall–Kier alpha value is -1.79. The number of hydrogen-bond donors (Lipinski definition) is 1. The van der Waals surface area contributed by atoms with Gasteiger partial charge in [0.05, 0.1) is 0 Å². The Morgan fingerprint density at radius 3 is 2.37 bits per heavy atom. The number of rotatable bonds is 1. The lowest BCUT2D eigenvalue weighted by atomic mass is 9.87. The molecule has 2 heterocycles. The van der Waals surface area contributed by atoms with Crippen LogP contribution in [0.15, 0.2) is 0 Å². The third-order valence-corrected chi connectivity index (χ3v) is 4.05. The van der Waals surface area contributed by atoms with Gasteiger partial charge in [-0.15, -0.1) is 0 Å². The molecular weight excluding hydrogens is 248 g/mol. The number of nitrogens with zero attached hydrogens (tertiary/aromatic N) is 3. The molecule has 1 spiro atoms. The SMILES string of the molecule is CCN(C)C(=O)N1CCC2(CC1)NC(=O)N(C)C2=O. The number of carbonyl (C=O) groups excluding carboxylic acids is 3. The molecular formula is C12H20N4O3. The van der Waals surface area contributed by atoms with E-state index in [-0.39, 0.29) is 18.0 Å². The molecule has 2 fully saturated rings. The van der Waals surface area contributed by atoms with Crippen LogP contribution < -0.4 is 5.32 Å². The van der Waals surface area contributed by atoms with Gasteiger partial charge in [-0.2, -0.15) is 0 Å². The summed E-state index contributed by atoms with van der Waals surface area (Å²) in [6.07, 6.45) is 0.955. The van der Waals surface area contributed by atoms with Crippen molar-refractivity contribution in [1.82, 2.24) is 20.0 Å². The molecule has 2 saturated heterocycles. The number of piperidine rings is 1. The molecule has 0 unspecified atom stereocenters. The van der Waals surface area contributed by atoms with Gasteiger partial charge in [-0.25, -0.2) is 9.59 Å². The third-order valence-electron chi connectivity index (χ3n) is 4.05. The van der Waals surface area contributed by atoms with Crippen molar-refractivity contribution in [2.45, 2.75) is 25.3 Å². The maximum atomic E-state index is 12.1. The first kappa shape index (κ1) is 13.6. The highest BCUT2D eigenvalue weighted by Gasteiger charge is 2.51. The van der Waals surface area contributed by atoms with Crippen molar-refractivity contribution >= 4 is 18.0 Å². The van der Waals surface area contributed by atoms with Gasteiger partial charge in [0.15, 0.2) is 0 Å². The Morgan fingerprint density at radius 2 is 1.95 bits per heavy atom. The number of likely N-dealkylation sites (tertiary alicyclic amines) is 1. The Labute approximate surface area is 112 Å². The van der Waals surface area contributed by atoms with Crippen LogP contribution in [0, 0.1) is 0 Å². The second kappa shape index (κ2) is 4.71. The van der Waals surface area contributed by atoms with Gasteiger partial charge in [-0.05, 0) is 19.8 Å². The average Bonchev–Trinajstić information content (AvgIpc) is 2.63. The molecule has 0 aromatic carbocycles. The normalized spacial score (nSPS) is 21.8. The van der Waals surface area contributed by atoms with E-state index in [0.29, 0.717) is 32.5 Å². The molecule has 1 N–H and O–H groups in total. The highest BCUT2D eigenvalue weighted by Crippen LogP contribution is 2.28. The molecule has 2 aliphatic rings. The summed E-state index contributed by atoms with van der Waals surface area (Å²) in [5, 5.41) is 2.76. The van der Waals surface area contributed by atoms with Crippen molar-refractivity contribution in [1.29, 1.82) is 0 Å². The van der Waals surface area contributed by atoms with Crippen LogP contribution >= 0.6 is 0 Å². The fraction of sp³-hybridized carbons (Fsp3) is 0.750. The highest BCUT2D eigenvalue weighted by atomic mass is 16.2. The number of amides is 5. The number of likely N-dealkylation sites (N-methyl/N-ethyl adjacent to an activating group) is 1. The van der Waals surface area contributed by atoms with E-state index in [1.807, 2.05) is 6.92 Å². The van der Waals surface area contributed by atoms with Crippen LogP contribution in [0.5, 0.6) is 0 Å². The van der Waals surface area contributed by atoms with Gasteiger partial charge in [0.2, 0.25) is 0 Å². The number of nitrogens with one attached hydrogen (secondary N) is 1. The van der Waals surface area contributed by atoms with E-state index in [1.54, 1.807) is 16.8 Å². The Balaban J connectivity index is 2.02. The summed E-state index contributed by atoms with van der Waals surface area (Å²) in [5.74, 6) is -0.187. The summed E-state index contributed by atoms with van der Waals surface area (Å²) in [7, 11) is 3.23. The summed E-state index contributed by atoms with van der Waals surface area (Å²) >= 11 is 0. The van der Waals surface area contributed by atoms with Crippen LogP contribution in [0.25, 0.3) is 0 Å². The molecule has 2 rings (SSSR count). The zero-order chi connectivity index (χ0) is 14.2. The van der Waals surface area contributed by atoms with Crippen molar-refractivity contribution in [2.24, 2.45) is 0 Å². The topological polar surface area (TPSA) is 73.0 Å². The molecule has 2 aliphatic heterocycles. The fourth-order valence-corrected chi connectivity index (χ4v) is 2.55. The van der Waals surface area contributed by atoms with Gasteiger partial charge in [-0.1, -0.05) is 0 Å². The Bertz CT molecular complexity index is 415. The summed E-state index contributed by atoms with van der Waals surface area (Å²) in [4.78, 5) is 40.1. The maximum Gasteiger partial charge on any atom is 0.324 e. The molecule has 0 saturated carbocycles. The first-order valence-corrected chi connectivity index (χ1v) is 6.51. The minimum Gasteiger partial charge on any atom is -0.328 e. The predicted octanol–water partition coefficient (Wildman–Crippen LogP) is 0.0743. The summed E-state index contributed by atoms with van der Waals surface area (Å²) < 4.78 is 0. The van der Waals surface area contributed by atoms with Gasteiger partial charge in [0.1, 0.15) is 5.54 Å². The van der Waals surface area contributed by atoms with Gasteiger partial charge in [0.25, 0.3) is 5.91 Å². The number of carbonyl (C=O) groups is 3. The van der Waals surface area contributed by atoms with Gasteiger partial charge in [-0.3, -0.25) is 9.69 Å². The van der Waals surface area contributed by atoms with E-state index in [9.17, 15) is 14.4 Å². The Kier molecular flexibility index (Phi) is 3.38. The van der Waals surface area contributed by atoms with Crippen LogP contribution in [0.3, 0.4) is 0 Å². The van der Waals surface area contributed by atoms with E-state index in [2.05, 4.69) is 5.32 Å². The lowest BCUT2D eigenvalue weighted by molar-refractivity contribution is -0.131. The first-order valence-electron chi connectivity index (χ1n) is 6.51. The maximum absolute atomic E-state index is 12.1. The van der Waals surface area contributed by atoms with Crippen molar-refractivity contribution in [3.8, 4) is 0 Å².